The van der Waals surface area contributed by atoms with Crippen molar-refractivity contribution in [3.05, 3.63) is 29.6 Å². The summed E-state index contributed by atoms with van der Waals surface area (Å²) in [5.74, 6) is 0. The van der Waals surface area contributed by atoms with Crippen LogP contribution in [0.25, 0.3) is 10.1 Å². The predicted octanol–water partition coefficient (Wildman–Crippen LogP) is 1.70. The standard InChI is InChI=1S/C8H5S.Al/c1-2-4-8-7(3-1)5-6-9-8;/h1-4,6H;. The van der Waals surface area contributed by atoms with Crippen LogP contribution in [0.3, 0.4) is 0 Å². The maximum absolute atomic E-state index is 2.74. The lowest BCUT2D eigenvalue weighted by molar-refractivity contribution is 1.87. The third-order valence-corrected chi connectivity index (χ3v) is 3.21. The van der Waals surface area contributed by atoms with Crippen molar-refractivity contribution >= 4 is 42.1 Å². The third kappa shape index (κ3) is 0.894. The van der Waals surface area contributed by atoms with Gasteiger partial charge in [0.25, 0.3) is 0 Å². The van der Waals surface area contributed by atoms with E-state index in [1.165, 1.54) is 14.5 Å². The molecule has 2 heteroatoms. The SMILES string of the molecule is [Al][c]1csc2ccccc12. The van der Waals surface area contributed by atoms with Crippen LogP contribution in [-0.2, 0) is 0 Å². The Labute approximate surface area is 71.9 Å². The molecule has 1 aromatic heterocycles. The van der Waals surface area contributed by atoms with Crippen LogP contribution in [-0.4, -0.2) is 16.3 Å². The summed E-state index contributed by atoms with van der Waals surface area (Å²) in [4.78, 5) is 0. The molecule has 0 aliphatic rings. The Kier molecular flexibility index (Phi) is 1.54. The molecule has 46 valence electrons. The van der Waals surface area contributed by atoms with Gasteiger partial charge in [-0.3, -0.25) is 0 Å². The molecule has 0 atom stereocenters. The normalized spacial score (nSPS) is 10.4. The van der Waals surface area contributed by atoms with Gasteiger partial charge in [-0.25, -0.2) is 0 Å². The quantitative estimate of drug-likeness (QED) is 0.514. The predicted molar refractivity (Wildman–Crippen MR) is 47.2 cm³/mol. The summed E-state index contributed by atoms with van der Waals surface area (Å²) in [5, 5.41) is 3.52. The van der Waals surface area contributed by atoms with Crippen LogP contribution in [0, 0.1) is 0 Å². The van der Waals surface area contributed by atoms with Gasteiger partial charge in [0.15, 0.2) is 16.3 Å². The highest BCUT2D eigenvalue weighted by molar-refractivity contribution is 7.18. The molecule has 0 nitrogen and oxygen atoms in total. The van der Waals surface area contributed by atoms with Gasteiger partial charge in [0, 0.05) is 4.70 Å². The van der Waals surface area contributed by atoms with E-state index >= 15 is 0 Å². The maximum Gasteiger partial charge on any atom is 0.178 e. The van der Waals surface area contributed by atoms with Crippen molar-refractivity contribution < 1.29 is 0 Å². The second kappa shape index (κ2) is 2.39. The fourth-order valence-electron chi connectivity index (χ4n) is 0.998. The fourth-order valence-corrected chi connectivity index (χ4v) is 2.41. The number of thiophene rings is 1. The summed E-state index contributed by atoms with van der Waals surface area (Å²) in [6.07, 6.45) is 0. The van der Waals surface area contributed by atoms with Crippen LogP contribution < -0.4 is 4.43 Å². The lowest BCUT2D eigenvalue weighted by atomic mass is 10.3. The first-order valence-corrected chi connectivity index (χ1v) is 4.55. The van der Waals surface area contributed by atoms with Crippen molar-refractivity contribution in [1.82, 2.24) is 0 Å². The van der Waals surface area contributed by atoms with Crippen LogP contribution >= 0.6 is 11.3 Å². The largest absolute Gasteiger partial charge is 0.178 e. The number of fused-ring (bicyclic) bond motifs is 1. The smallest absolute Gasteiger partial charge is 0.145 e. The van der Waals surface area contributed by atoms with Gasteiger partial charge in [0.1, 0.15) is 0 Å². The van der Waals surface area contributed by atoms with Crippen LogP contribution in [0.2, 0.25) is 0 Å². The Morgan fingerprint density at radius 1 is 1.20 bits per heavy atom. The Bertz CT molecular complexity index is 351. The molecule has 1 aromatic carbocycles. The Morgan fingerprint density at radius 3 is 2.80 bits per heavy atom. The summed E-state index contributed by atoms with van der Waals surface area (Å²) in [6, 6.07) is 8.44. The molecule has 0 spiro atoms. The highest BCUT2D eigenvalue weighted by atomic mass is 32.1. The van der Waals surface area contributed by atoms with Gasteiger partial charge in [-0.1, -0.05) is 18.2 Å². The van der Waals surface area contributed by atoms with Gasteiger partial charge in [-0.2, -0.15) is 0 Å². The number of benzene rings is 1. The van der Waals surface area contributed by atoms with Gasteiger partial charge < -0.3 is 0 Å². The van der Waals surface area contributed by atoms with Crippen molar-refractivity contribution in [2.45, 2.75) is 0 Å². The molecule has 2 aromatic rings. The molecule has 0 saturated carbocycles. The van der Waals surface area contributed by atoms with Gasteiger partial charge >= 0.3 is 0 Å². The van der Waals surface area contributed by atoms with Crippen molar-refractivity contribution in [1.29, 1.82) is 0 Å². The molecule has 2 rings (SSSR count). The summed E-state index contributed by atoms with van der Waals surface area (Å²) < 4.78 is 2.67. The molecule has 10 heavy (non-hydrogen) atoms. The zero-order valence-corrected chi connectivity index (χ0v) is 7.34. The molecule has 0 unspecified atom stereocenters. The van der Waals surface area contributed by atoms with Crippen LogP contribution in [0.15, 0.2) is 29.6 Å². The molecule has 0 bridgehead atoms. The van der Waals surface area contributed by atoms with E-state index in [1.807, 2.05) is 0 Å². The van der Waals surface area contributed by atoms with E-state index < -0.39 is 0 Å². The Hall–Kier alpha value is -0.288. The van der Waals surface area contributed by atoms with E-state index in [1.54, 1.807) is 11.3 Å². The van der Waals surface area contributed by atoms with Gasteiger partial charge in [-0.15, -0.1) is 15.8 Å². The number of rotatable bonds is 0. The first-order chi connectivity index (χ1) is 4.88. The van der Waals surface area contributed by atoms with E-state index in [2.05, 4.69) is 45.9 Å². The van der Waals surface area contributed by atoms with E-state index in [-0.39, 0.29) is 0 Å². The average Bonchev–Trinajstić information content (AvgIpc) is 2.34. The molecule has 0 amide bonds. The minimum absolute atomic E-state index is 1.31. The lowest BCUT2D eigenvalue weighted by Gasteiger charge is -1.87. The molecular weight excluding hydrogens is 155 g/mol. The minimum Gasteiger partial charge on any atom is -0.145 e. The molecule has 0 aliphatic carbocycles. The highest BCUT2D eigenvalue weighted by Gasteiger charge is 1.94. The van der Waals surface area contributed by atoms with Crippen LogP contribution in [0.4, 0.5) is 0 Å². The molecule has 1 heterocycles. The van der Waals surface area contributed by atoms with E-state index in [9.17, 15) is 0 Å². The fraction of sp³-hybridized carbons (Fsp3) is 0. The van der Waals surface area contributed by atoms with E-state index in [0.717, 1.165) is 0 Å². The monoisotopic (exact) mass is 160 g/mol. The number of hydrogen-bond acceptors (Lipinski definition) is 1. The lowest BCUT2D eigenvalue weighted by Crippen LogP contribution is -1.95. The Morgan fingerprint density at radius 2 is 2.00 bits per heavy atom. The third-order valence-electron chi connectivity index (χ3n) is 1.51. The van der Waals surface area contributed by atoms with Crippen molar-refractivity contribution in [2.24, 2.45) is 0 Å². The van der Waals surface area contributed by atoms with Crippen molar-refractivity contribution in [3.63, 3.8) is 0 Å². The Balaban J connectivity index is 2.93. The average molecular weight is 160 g/mol. The van der Waals surface area contributed by atoms with Gasteiger partial charge in [-0.05, 0) is 16.8 Å². The minimum atomic E-state index is 1.31. The summed E-state index contributed by atoms with van der Waals surface area (Å²) in [5.41, 5.74) is 0. The first-order valence-electron chi connectivity index (χ1n) is 3.09. The molecular formula is C8H5AlS. The second-order valence-electron chi connectivity index (χ2n) is 2.19. The topological polar surface area (TPSA) is 0 Å². The summed E-state index contributed by atoms with van der Waals surface area (Å²) in [7, 11) is 0. The first kappa shape index (κ1) is 6.42. The number of hydrogen-bond donors (Lipinski definition) is 0. The van der Waals surface area contributed by atoms with Crippen molar-refractivity contribution in [2.75, 3.05) is 0 Å². The van der Waals surface area contributed by atoms with E-state index in [4.69, 9.17) is 0 Å². The van der Waals surface area contributed by atoms with Crippen LogP contribution in [0.5, 0.6) is 0 Å². The van der Waals surface area contributed by atoms with Gasteiger partial charge in [0.2, 0.25) is 0 Å². The van der Waals surface area contributed by atoms with Crippen LogP contribution in [0.1, 0.15) is 0 Å². The molecule has 0 N–H and O–H groups in total. The second-order valence-corrected chi connectivity index (χ2v) is 3.72. The molecule has 0 fully saturated rings. The highest BCUT2D eigenvalue weighted by Crippen LogP contribution is 2.16. The van der Waals surface area contributed by atoms with E-state index in [0.29, 0.717) is 0 Å². The zero-order chi connectivity index (χ0) is 6.97. The molecule has 2 radical (unpaired) electrons. The zero-order valence-electron chi connectivity index (χ0n) is 5.37. The summed E-state index contributed by atoms with van der Waals surface area (Å²) >= 11 is 4.53. The maximum atomic E-state index is 2.74. The molecule has 0 saturated heterocycles. The van der Waals surface area contributed by atoms with Gasteiger partial charge in [0.05, 0.1) is 0 Å². The molecule has 0 aliphatic heterocycles. The summed E-state index contributed by atoms with van der Waals surface area (Å²) in [6.45, 7) is 0. The van der Waals surface area contributed by atoms with Crippen molar-refractivity contribution in [3.8, 4) is 0 Å².